The van der Waals surface area contributed by atoms with E-state index in [2.05, 4.69) is 46.7 Å². The molecule has 0 spiro atoms. The Kier molecular flexibility index (Phi) is 7.31. The molecule has 1 aliphatic heterocycles. The van der Waals surface area contributed by atoms with Gasteiger partial charge in [-0.2, -0.15) is 0 Å². The SMILES string of the molecule is COc1ccccc1CCNC(=O)NC1CCN(Cc2cccc(C)c2)CC1. The van der Waals surface area contributed by atoms with Crippen LogP contribution in [0.2, 0.25) is 0 Å². The van der Waals surface area contributed by atoms with Crippen LogP contribution in [0.25, 0.3) is 0 Å². The zero-order valence-electron chi connectivity index (χ0n) is 16.9. The molecule has 2 N–H and O–H groups in total. The monoisotopic (exact) mass is 381 g/mol. The fraction of sp³-hybridized carbons (Fsp3) is 0.435. The summed E-state index contributed by atoms with van der Waals surface area (Å²) in [6.45, 7) is 5.74. The fourth-order valence-corrected chi connectivity index (χ4v) is 3.76. The first kappa shape index (κ1) is 20.2. The maximum atomic E-state index is 12.2. The van der Waals surface area contributed by atoms with Crippen LogP contribution in [0.15, 0.2) is 48.5 Å². The molecule has 0 aromatic heterocycles. The van der Waals surface area contributed by atoms with Crippen LogP contribution >= 0.6 is 0 Å². The summed E-state index contributed by atoms with van der Waals surface area (Å²) in [4.78, 5) is 14.7. The van der Waals surface area contributed by atoms with Crippen molar-refractivity contribution in [1.29, 1.82) is 0 Å². The molecule has 0 aliphatic carbocycles. The Morgan fingerprint density at radius 3 is 2.68 bits per heavy atom. The average Bonchev–Trinajstić information content (AvgIpc) is 2.70. The number of hydrogen-bond donors (Lipinski definition) is 2. The number of piperidine rings is 1. The van der Waals surface area contributed by atoms with E-state index in [0.29, 0.717) is 6.54 Å². The van der Waals surface area contributed by atoms with Crippen LogP contribution in [0.4, 0.5) is 4.79 Å². The van der Waals surface area contributed by atoms with Gasteiger partial charge in [0.15, 0.2) is 0 Å². The van der Waals surface area contributed by atoms with Gasteiger partial charge in [0.2, 0.25) is 0 Å². The van der Waals surface area contributed by atoms with Crippen LogP contribution in [-0.4, -0.2) is 43.7 Å². The minimum Gasteiger partial charge on any atom is -0.496 e. The second kappa shape index (κ2) is 10.1. The molecule has 150 valence electrons. The first-order chi connectivity index (χ1) is 13.6. The van der Waals surface area contributed by atoms with Crippen molar-refractivity contribution in [3.8, 4) is 5.75 Å². The van der Waals surface area contributed by atoms with Crippen molar-refractivity contribution in [3.05, 3.63) is 65.2 Å². The molecule has 0 saturated carbocycles. The predicted octanol–water partition coefficient (Wildman–Crippen LogP) is 3.51. The maximum absolute atomic E-state index is 12.2. The van der Waals surface area contributed by atoms with E-state index < -0.39 is 0 Å². The second-order valence-electron chi connectivity index (χ2n) is 7.50. The highest BCUT2D eigenvalue weighted by Crippen LogP contribution is 2.17. The molecule has 28 heavy (non-hydrogen) atoms. The largest absolute Gasteiger partial charge is 0.496 e. The summed E-state index contributed by atoms with van der Waals surface area (Å²) < 4.78 is 5.35. The number of urea groups is 1. The molecule has 1 aliphatic rings. The van der Waals surface area contributed by atoms with E-state index in [1.807, 2.05) is 24.3 Å². The number of hydrogen-bond acceptors (Lipinski definition) is 3. The molecule has 0 atom stereocenters. The van der Waals surface area contributed by atoms with Crippen LogP contribution in [0, 0.1) is 6.92 Å². The molecular weight excluding hydrogens is 350 g/mol. The summed E-state index contributed by atoms with van der Waals surface area (Å²) in [5, 5.41) is 6.09. The summed E-state index contributed by atoms with van der Waals surface area (Å²) >= 11 is 0. The van der Waals surface area contributed by atoms with Gasteiger partial charge in [0, 0.05) is 32.2 Å². The van der Waals surface area contributed by atoms with E-state index in [4.69, 9.17) is 4.74 Å². The van der Waals surface area contributed by atoms with Gasteiger partial charge in [-0.15, -0.1) is 0 Å². The molecule has 0 unspecified atom stereocenters. The highest BCUT2D eigenvalue weighted by Gasteiger charge is 2.20. The van der Waals surface area contributed by atoms with Crippen molar-refractivity contribution in [2.24, 2.45) is 0 Å². The van der Waals surface area contributed by atoms with Crippen LogP contribution in [0.3, 0.4) is 0 Å². The number of benzene rings is 2. The number of nitrogens with one attached hydrogen (secondary N) is 2. The molecule has 1 heterocycles. The topological polar surface area (TPSA) is 53.6 Å². The molecule has 2 aromatic carbocycles. The molecule has 2 aromatic rings. The van der Waals surface area contributed by atoms with Crippen molar-refractivity contribution in [2.45, 2.75) is 38.8 Å². The first-order valence-corrected chi connectivity index (χ1v) is 10.1. The Hall–Kier alpha value is -2.53. The summed E-state index contributed by atoms with van der Waals surface area (Å²) in [5.74, 6) is 0.866. The summed E-state index contributed by atoms with van der Waals surface area (Å²) in [6, 6.07) is 16.8. The Balaban J connectivity index is 1.35. The van der Waals surface area contributed by atoms with Gasteiger partial charge in [-0.05, 0) is 43.4 Å². The van der Waals surface area contributed by atoms with Gasteiger partial charge in [0.05, 0.1) is 7.11 Å². The van der Waals surface area contributed by atoms with Gasteiger partial charge in [0.1, 0.15) is 5.75 Å². The van der Waals surface area contributed by atoms with E-state index >= 15 is 0 Å². The number of methoxy groups -OCH3 is 1. The van der Waals surface area contributed by atoms with Crippen LogP contribution < -0.4 is 15.4 Å². The molecule has 3 rings (SSSR count). The van der Waals surface area contributed by atoms with Crippen LogP contribution in [0.5, 0.6) is 5.75 Å². The van der Waals surface area contributed by atoms with Crippen molar-refractivity contribution < 1.29 is 9.53 Å². The Morgan fingerprint density at radius 2 is 1.93 bits per heavy atom. The standard InChI is InChI=1S/C23H31N3O2/c1-18-6-5-7-19(16-18)17-26-14-11-21(12-15-26)25-23(27)24-13-10-20-8-3-4-9-22(20)28-2/h3-9,16,21H,10-15,17H2,1-2H3,(H2,24,25,27). The van der Waals surface area contributed by atoms with E-state index in [1.165, 1.54) is 11.1 Å². The van der Waals surface area contributed by atoms with Crippen LogP contribution in [0.1, 0.15) is 29.5 Å². The Bertz CT molecular complexity index is 770. The van der Waals surface area contributed by atoms with E-state index in [-0.39, 0.29) is 12.1 Å². The van der Waals surface area contributed by atoms with E-state index in [1.54, 1.807) is 7.11 Å². The molecule has 0 bridgehead atoms. The van der Waals surface area contributed by atoms with Crippen molar-refractivity contribution in [1.82, 2.24) is 15.5 Å². The van der Waals surface area contributed by atoms with E-state index in [0.717, 1.165) is 50.2 Å². The minimum absolute atomic E-state index is 0.0768. The highest BCUT2D eigenvalue weighted by molar-refractivity contribution is 5.74. The fourth-order valence-electron chi connectivity index (χ4n) is 3.76. The quantitative estimate of drug-likeness (QED) is 0.772. The van der Waals surface area contributed by atoms with Gasteiger partial charge < -0.3 is 15.4 Å². The van der Waals surface area contributed by atoms with Crippen molar-refractivity contribution in [3.63, 3.8) is 0 Å². The lowest BCUT2D eigenvalue weighted by Gasteiger charge is -2.32. The zero-order valence-corrected chi connectivity index (χ0v) is 16.9. The number of rotatable bonds is 7. The number of nitrogens with zero attached hydrogens (tertiary/aromatic N) is 1. The molecule has 5 nitrogen and oxygen atoms in total. The predicted molar refractivity (Wildman–Crippen MR) is 113 cm³/mol. The first-order valence-electron chi connectivity index (χ1n) is 10.1. The molecule has 5 heteroatoms. The van der Waals surface area contributed by atoms with Crippen LogP contribution in [-0.2, 0) is 13.0 Å². The normalized spacial score (nSPS) is 15.2. The highest BCUT2D eigenvalue weighted by atomic mass is 16.5. The van der Waals surface area contributed by atoms with Crippen molar-refractivity contribution >= 4 is 6.03 Å². The number of carbonyl (C=O) groups is 1. The Labute approximate surface area is 168 Å². The van der Waals surface area contributed by atoms with Crippen molar-refractivity contribution in [2.75, 3.05) is 26.7 Å². The smallest absolute Gasteiger partial charge is 0.315 e. The number of ether oxygens (including phenoxy) is 1. The third-order valence-corrected chi connectivity index (χ3v) is 5.28. The van der Waals surface area contributed by atoms with Gasteiger partial charge in [0.25, 0.3) is 0 Å². The third-order valence-electron chi connectivity index (χ3n) is 5.28. The number of likely N-dealkylation sites (tertiary alicyclic amines) is 1. The van der Waals surface area contributed by atoms with Gasteiger partial charge >= 0.3 is 6.03 Å². The number of para-hydroxylation sites is 1. The molecule has 0 radical (unpaired) electrons. The molecular formula is C23H31N3O2. The lowest BCUT2D eigenvalue weighted by molar-refractivity contribution is 0.186. The number of amides is 2. The number of aryl methyl sites for hydroxylation is 1. The second-order valence-corrected chi connectivity index (χ2v) is 7.50. The Morgan fingerprint density at radius 1 is 1.14 bits per heavy atom. The summed E-state index contributed by atoms with van der Waals surface area (Å²) in [7, 11) is 1.67. The summed E-state index contributed by atoms with van der Waals surface area (Å²) in [5.41, 5.74) is 3.77. The summed E-state index contributed by atoms with van der Waals surface area (Å²) in [6.07, 6.45) is 2.74. The van der Waals surface area contributed by atoms with Gasteiger partial charge in [-0.25, -0.2) is 4.79 Å². The lowest BCUT2D eigenvalue weighted by Crippen LogP contribution is -2.48. The number of carbonyl (C=O) groups excluding carboxylic acids is 1. The van der Waals surface area contributed by atoms with E-state index in [9.17, 15) is 4.79 Å². The zero-order chi connectivity index (χ0) is 19.8. The lowest BCUT2D eigenvalue weighted by atomic mass is 10.0. The van der Waals surface area contributed by atoms with Gasteiger partial charge in [-0.3, -0.25) is 4.90 Å². The molecule has 1 saturated heterocycles. The minimum atomic E-state index is -0.0768. The van der Waals surface area contributed by atoms with Gasteiger partial charge in [-0.1, -0.05) is 48.0 Å². The third kappa shape index (κ3) is 5.99. The molecule has 1 fully saturated rings. The average molecular weight is 382 g/mol. The molecule has 2 amide bonds. The maximum Gasteiger partial charge on any atom is 0.315 e.